The van der Waals surface area contributed by atoms with Gasteiger partial charge >= 0.3 is 10.3 Å². The van der Waals surface area contributed by atoms with Crippen LogP contribution in [0.3, 0.4) is 0 Å². The molecule has 1 aliphatic heterocycles. The van der Waals surface area contributed by atoms with E-state index in [1.165, 1.54) is 16.8 Å². The van der Waals surface area contributed by atoms with E-state index in [1.54, 1.807) is 4.72 Å². The van der Waals surface area contributed by atoms with Gasteiger partial charge in [0.25, 0.3) is 0 Å². The molecular weight excluding hydrogens is 464 g/mol. The number of nitrogens with two attached hydrogens (primary N) is 1. The molecule has 0 radical (unpaired) electrons. The molecule has 0 bridgehead atoms. The largest absolute Gasteiger partial charge is 0.387 e. The Hall–Kier alpha value is -3.19. The average Bonchev–Trinajstić information content (AvgIpc) is 3.24. The molecule has 1 fully saturated rings. The Kier molecular flexibility index (Phi) is 6.01. The van der Waals surface area contributed by atoms with E-state index in [1.807, 2.05) is 0 Å². The molecule has 4 rings (SSSR count). The molecule has 14 heteroatoms. The zero-order valence-electron chi connectivity index (χ0n) is 16.6. The van der Waals surface area contributed by atoms with Crippen LogP contribution in [-0.2, 0) is 15.0 Å². The van der Waals surface area contributed by atoms with Gasteiger partial charge in [0, 0.05) is 12.7 Å². The molecule has 0 unspecified atom stereocenters. The van der Waals surface area contributed by atoms with Gasteiger partial charge in [0.2, 0.25) is 0 Å². The second kappa shape index (κ2) is 8.63. The molecule has 33 heavy (non-hydrogen) atoms. The number of rotatable bonds is 4. The number of halogens is 2. The number of nitrogens with one attached hydrogen (secondary N) is 1. The van der Waals surface area contributed by atoms with Crippen LogP contribution in [0.25, 0.3) is 11.0 Å². The molecule has 0 spiro atoms. The Morgan fingerprint density at radius 2 is 1.88 bits per heavy atom. The van der Waals surface area contributed by atoms with Crippen molar-refractivity contribution in [2.24, 2.45) is 0 Å². The fraction of sp³-hybridized carbons (Fsp3) is 0.263. The first kappa shape index (κ1) is 23.0. The van der Waals surface area contributed by atoms with Crippen LogP contribution in [0.5, 0.6) is 0 Å². The molecule has 0 amide bonds. The predicted octanol–water partition coefficient (Wildman–Crippen LogP) is -0.297. The number of ether oxygens (including phenoxy) is 1. The van der Waals surface area contributed by atoms with Gasteiger partial charge < -0.3 is 25.3 Å². The highest BCUT2D eigenvalue weighted by molar-refractivity contribution is 7.83. The number of anilines is 1. The first-order valence-corrected chi connectivity index (χ1v) is 10.8. The molecule has 1 aromatic carbocycles. The van der Waals surface area contributed by atoms with Crippen molar-refractivity contribution in [3.05, 3.63) is 53.5 Å². The maximum absolute atomic E-state index is 13.9. The number of fused-ring (bicyclic) bond motifs is 1. The van der Waals surface area contributed by atoms with Crippen LogP contribution in [0.4, 0.5) is 14.6 Å². The van der Waals surface area contributed by atoms with Crippen LogP contribution >= 0.6 is 0 Å². The number of hydrogen-bond acceptors (Lipinski definition) is 8. The first-order valence-electron chi connectivity index (χ1n) is 9.37. The average molecular weight is 481 g/mol. The SMILES string of the molecule is Nc1ncnc2c1c(C#Cc1c(F)cccc1F)cn2[C@@H]1O[C@H](CNS(=O)(=O)O)[C@@H](O)[C@H]1O. The van der Waals surface area contributed by atoms with Crippen molar-refractivity contribution in [2.45, 2.75) is 24.5 Å². The molecule has 4 atom stereocenters. The van der Waals surface area contributed by atoms with Gasteiger partial charge in [-0.05, 0) is 12.1 Å². The van der Waals surface area contributed by atoms with Crippen LogP contribution in [0.2, 0.25) is 0 Å². The van der Waals surface area contributed by atoms with Crippen LogP contribution in [0.15, 0.2) is 30.7 Å². The van der Waals surface area contributed by atoms with Gasteiger partial charge in [-0.1, -0.05) is 17.9 Å². The zero-order valence-corrected chi connectivity index (χ0v) is 17.4. The van der Waals surface area contributed by atoms with Crippen molar-refractivity contribution < 1.29 is 36.7 Å². The lowest BCUT2D eigenvalue weighted by atomic mass is 10.1. The molecule has 11 nitrogen and oxygen atoms in total. The molecule has 1 aliphatic rings. The second-order valence-corrected chi connectivity index (χ2v) is 8.36. The van der Waals surface area contributed by atoms with Crippen molar-refractivity contribution in [3.8, 4) is 11.8 Å². The third-order valence-corrected chi connectivity index (χ3v) is 5.53. The molecule has 3 heterocycles. The smallest absolute Gasteiger partial charge is 0.333 e. The summed E-state index contributed by atoms with van der Waals surface area (Å²) in [5.74, 6) is 3.30. The van der Waals surface area contributed by atoms with E-state index >= 15 is 0 Å². The summed E-state index contributed by atoms with van der Waals surface area (Å²) in [6.45, 7) is -0.525. The molecule has 0 aliphatic carbocycles. The number of nitrogen functional groups attached to an aromatic ring is 1. The van der Waals surface area contributed by atoms with Crippen molar-refractivity contribution in [1.82, 2.24) is 19.3 Å². The van der Waals surface area contributed by atoms with Crippen molar-refractivity contribution >= 4 is 27.2 Å². The maximum atomic E-state index is 13.9. The molecule has 3 aromatic rings. The van der Waals surface area contributed by atoms with Gasteiger partial charge in [0.1, 0.15) is 47.7 Å². The standard InChI is InChI=1S/C19H17F2N5O6S/c20-11-2-1-3-12(21)10(11)5-4-9-7-26(18-14(9)17(22)23-8-24-18)19-16(28)15(27)13(32-19)6-25-33(29,30)31/h1-3,7-8,13,15-16,19,25,27-28H,6H2,(H2,22,23,24)(H,29,30,31)/t13-,15-,16-,19-/m1/s1. The van der Waals surface area contributed by atoms with Gasteiger partial charge in [-0.2, -0.15) is 13.1 Å². The first-order chi connectivity index (χ1) is 15.6. The fourth-order valence-electron chi connectivity index (χ4n) is 3.46. The van der Waals surface area contributed by atoms with Gasteiger partial charge in [0.15, 0.2) is 6.23 Å². The third-order valence-electron chi connectivity index (χ3n) is 5.00. The third kappa shape index (κ3) is 4.50. The number of aliphatic hydroxyl groups excluding tert-OH is 2. The summed E-state index contributed by atoms with van der Waals surface area (Å²) in [5, 5.41) is 21.0. The molecule has 6 N–H and O–H groups in total. The van der Waals surface area contributed by atoms with Gasteiger partial charge in [-0.15, -0.1) is 0 Å². The highest BCUT2D eigenvalue weighted by Gasteiger charge is 2.44. The van der Waals surface area contributed by atoms with Crippen LogP contribution in [0.1, 0.15) is 17.4 Å². The van der Waals surface area contributed by atoms with E-state index in [2.05, 4.69) is 21.8 Å². The lowest BCUT2D eigenvalue weighted by Gasteiger charge is -2.17. The monoisotopic (exact) mass is 481 g/mol. The Balaban J connectivity index is 1.75. The minimum Gasteiger partial charge on any atom is -0.387 e. The topological polar surface area (TPSA) is 173 Å². The summed E-state index contributed by atoms with van der Waals surface area (Å²) in [5.41, 5.74) is 5.79. The molecule has 2 aromatic heterocycles. The van der Waals surface area contributed by atoms with E-state index in [4.69, 9.17) is 15.0 Å². The lowest BCUT2D eigenvalue weighted by Crippen LogP contribution is -2.39. The van der Waals surface area contributed by atoms with E-state index in [-0.39, 0.29) is 22.4 Å². The summed E-state index contributed by atoms with van der Waals surface area (Å²) in [6.07, 6.45) is -3.05. The van der Waals surface area contributed by atoms with E-state index in [0.29, 0.717) is 0 Å². The van der Waals surface area contributed by atoms with Gasteiger partial charge in [-0.3, -0.25) is 4.55 Å². The van der Waals surface area contributed by atoms with E-state index in [9.17, 15) is 27.4 Å². The van der Waals surface area contributed by atoms with Crippen LogP contribution in [0, 0.1) is 23.5 Å². The van der Waals surface area contributed by atoms with E-state index < -0.39 is 58.6 Å². The number of nitrogens with zero attached hydrogens (tertiary/aromatic N) is 3. The molecule has 1 saturated heterocycles. The number of benzene rings is 1. The summed E-state index contributed by atoms with van der Waals surface area (Å²) < 4.78 is 67.2. The van der Waals surface area contributed by atoms with E-state index in [0.717, 1.165) is 18.5 Å². The highest BCUT2D eigenvalue weighted by atomic mass is 32.2. The Labute approximate surface area is 185 Å². The van der Waals surface area contributed by atoms with Crippen molar-refractivity contribution in [2.75, 3.05) is 12.3 Å². The molecule has 174 valence electrons. The number of aliphatic hydroxyl groups is 2. The quantitative estimate of drug-likeness (QED) is 0.248. The Bertz CT molecular complexity index is 1370. The Morgan fingerprint density at radius 1 is 1.18 bits per heavy atom. The predicted molar refractivity (Wildman–Crippen MR) is 110 cm³/mol. The Morgan fingerprint density at radius 3 is 2.55 bits per heavy atom. The van der Waals surface area contributed by atoms with Crippen molar-refractivity contribution in [3.63, 3.8) is 0 Å². The van der Waals surface area contributed by atoms with Gasteiger partial charge in [-0.25, -0.2) is 18.7 Å². The summed E-state index contributed by atoms with van der Waals surface area (Å²) in [6, 6.07) is 3.31. The minimum absolute atomic E-state index is 0.00492. The summed E-state index contributed by atoms with van der Waals surface area (Å²) >= 11 is 0. The summed E-state index contributed by atoms with van der Waals surface area (Å²) in [7, 11) is -4.56. The molecule has 0 saturated carbocycles. The normalized spacial score (nSPS) is 22.9. The number of aromatic nitrogens is 3. The fourth-order valence-corrected chi connectivity index (χ4v) is 3.83. The lowest BCUT2D eigenvalue weighted by molar-refractivity contribution is -0.0328. The van der Waals surface area contributed by atoms with Crippen molar-refractivity contribution in [1.29, 1.82) is 0 Å². The van der Waals surface area contributed by atoms with Crippen LogP contribution < -0.4 is 10.5 Å². The zero-order chi connectivity index (χ0) is 23.9. The maximum Gasteiger partial charge on any atom is 0.333 e. The van der Waals surface area contributed by atoms with Crippen LogP contribution in [-0.4, -0.2) is 62.6 Å². The van der Waals surface area contributed by atoms with Gasteiger partial charge in [0.05, 0.1) is 16.5 Å². The molecular formula is C19H17F2N5O6S. The summed E-state index contributed by atoms with van der Waals surface area (Å²) in [4.78, 5) is 7.98. The minimum atomic E-state index is -4.56. The second-order valence-electron chi connectivity index (χ2n) is 7.12. The highest BCUT2D eigenvalue weighted by Crippen LogP contribution is 2.34. The number of hydrogen-bond donors (Lipinski definition) is 5.